The van der Waals surface area contributed by atoms with E-state index in [1.165, 1.54) is 6.07 Å². The van der Waals surface area contributed by atoms with Crippen LogP contribution in [0.5, 0.6) is 5.75 Å². The van der Waals surface area contributed by atoms with Crippen LogP contribution in [0.3, 0.4) is 0 Å². The highest BCUT2D eigenvalue weighted by Crippen LogP contribution is 2.22. The van der Waals surface area contributed by atoms with Crippen molar-refractivity contribution in [1.82, 2.24) is 0 Å². The van der Waals surface area contributed by atoms with Crippen LogP contribution >= 0.6 is 0 Å². The summed E-state index contributed by atoms with van der Waals surface area (Å²) in [4.78, 5) is 12.0. The van der Waals surface area contributed by atoms with E-state index in [-0.39, 0.29) is 5.63 Å². The molecular weight excluding hydrogens is 388 g/mol. The first kappa shape index (κ1) is 20.2. The van der Waals surface area contributed by atoms with Gasteiger partial charge < -0.3 is 14.5 Å². The Morgan fingerprint density at radius 1 is 1.00 bits per heavy atom. The summed E-state index contributed by atoms with van der Waals surface area (Å²) in [6.07, 6.45) is 0.889. The maximum atomic E-state index is 12.0. The number of fused-ring (bicyclic) bond motifs is 1. The second kappa shape index (κ2) is 9.19. The molecular formula is C26H22N2O3. The van der Waals surface area contributed by atoms with Gasteiger partial charge in [-0.05, 0) is 65.6 Å². The molecule has 1 N–H and O–H groups in total. The van der Waals surface area contributed by atoms with Gasteiger partial charge >= 0.3 is 5.63 Å². The predicted octanol–water partition coefficient (Wildman–Crippen LogP) is 5.42. The van der Waals surface area contributed by atoms with E-state index in [0.717, 1.165) is 39.9 Å². The predicted molar refractivity (Wildman–Crippen MR) is 121 cm³/mol. The van der Waals surface area contributed by atoms with Crippen molar-refractivity contribution >= 4 is 16.7 Å². The lowest BCUT2D eigenvalue weighted by Gasteiger charge is -2.11. The number of nitriles is 1. The zero-order valence-electron chi connectivity index (χ0n) is 17.2. The van der Waals surface area contributed by atoms with Crippen LogP contribution in [0, 0.1) is 11.3 Å². The number of anilines is 1. The number of benzene rings is 3. The Hall–Kier alpha value is -4.04. The van der Waals surface area contributed by atoms with Gasteiger partial charge in [0.1, 0.15) is 17.9 Å². The molecule has 0 aliphatic heterocycles. The van der Waals surface area contributed by atoms with Gasteiger partial charge in [0.05, 0.1) is 11.6 Å². The molecule has 0 unspecified atom stereocenters. The SMILES string of the molecule is CCc1ccc2c(CNc3ccc(OCc4cccc(C#N)c4)cc3)cc(=O)oc2c1. The summed E-state index contributed by atoms with van der Waals surface area (Å²) in [6, 6.07) is 24.7. The number of ether oxygens (including phenoxy) is 1. The molecule has 5 heteroatoms. The highest BCUT2D eigenvalue weighted by Gasteiger charge is 2.07. The molecule has 4 rings (SSSR count). The van der Waals surface area contributed by atoms with Gasteiger partial charge in [-0.25, -0.2) is 4.79 Å². The normalized spacial score (nSPS) is 10.6. The van der Waals surface area contributed by atoms with E-state index in [0.29, 0.717) is 24.3 Å². The van der Waals surface area contributed by atoms with E-state index >= 15 is 0 Å². The van der Waals surface area contributed by atoms with Gasteiger partial charge in [-0.1, -0.05) is 31.2 Å². The quantitative estimate of drug-likeness (QED) is 0.412. The fraction of sp³-hybridized carbons (Fsp3) is 0.154. The molecule has 0 bridgehead atoms. The van der Waals surface area contributed by atoms with Gasteiger partial charge in [0.15, 0.2) is 0 Å². The topological polar surface area (TPSA) is 75.3 Å². The minimum absolute atomic E-state index is 0.346. The van der Waals surface area contributed by atoms with Crippen LogP contribution in [-0.4, -0.2) is 0 Å². The molecule has 5 nitrogen and oxygen atoms in total. The van der Waals surface area contributed by atoms with E-state index in [1.807, 2.05) is 54.6 Å². The average molecular weight is 410 g/mol. The van der Waals surface area contributed by atoms with E-state index < -0.39 is 0 Å². The Balaban J connectivity index is 1.41. The van der Waals surface area contributed by atoms with Gasteiger partial charge in [-0.3, -0.25) is 0 Å². The van der Waals surface area contributed by atoms with Crippen LogP contribution in [0.15, 0.2) is 82.0 Å². The summed E-state index contributed by atoms with van der Waals surface area (Å²) in [5, 5.41) is 13.3. The van der Waals surface area contributed by atoms with E-state index in [4.69, 9.17) is 14.4 Å². The maximum absolute atomic E-state index is 12.0. The van der Waals surface area contributed by atoms with Gasteiger partial charge in [0.25, 0.3) is 0 Å². The average Bonchev–Trinajstić information content (AvgIpc) is 2.81. The molecule has 0 atom stereocenters. The number of hydrogen-bond acceptors (Lipinski definition) is 5. The van der Waals surface area contributed by atoms with Crippen LogP contribution in [0.4, 0.5) is 5.69 Å². The van der Waals surface area contributed by atoms with Crippen molar-refractivity contribution in [3.8, 4) is 11.8 Å². The number of nitrogens with zero attached hydrogens (tertiary/aromatic N) is 1. The van der Waals surface area contributed by atoms with Crippen molar-refractivity contribution in [3.05, 3.63) is 105 Å². The lowest BCUT2D eigenvalue weighted by molar-refractivity contribution is 0.306. The molecule has 1 heterocycles. The molecule has 0 fully saturated rings. The van der Waals surface area contributed by atoms with Crippen LogP contribution in [-0.2, 0) is 19.6 Å². The fourth-order valence-electron chi connectivity index (χ4n) is 3.40. The van der Waals surface area contributed by atoms with Crippen LogP contribution in [0.25, 0.3) is 11.0 Å². The molecule has 154 valence electrons. The third-order valence-corrected chi connectivity index (χ3v) is 5.10. The van der Waals surface area contributed by atoms with Crippen molar-refractivity contribution in [1.29, 1.82) is 5.26 Å². The number of nitrogens with one attached hydrogen (secondary N) is 1. The van der Waals surface area contributed by atoms with Crippen LogP contribution in [0.2, 0.25) is 0 Å². The minimum atomic E-state index is -0.346. The van der Waals surface area contributed by atoms with Crippen LogP contribution < -0.4 is 15.7 Å². The molecule has 0 radical (unpaired) electrons. The highest BCUT2D eigenvalue weighted by molar-refractivity contribution is 5.81. The zero-order valence-corrected chi connectivity index (χ0v) is 17.2. The Bertz CT molecular complexity index is 1300. The first-order chi connectivity index (χ1) is 15.1. The number of rotatable bonds is 7. The summed E-state index contributed by atoms with van der Waals surface area (Å²) < 4.78 is 11.2. The van der Waals surface area contributed by atoms with Crippen molar-refractivity contribution < 1.29 is 9.15 Å². The Kier molecular flexibility index (Phi) is 6.00. The molecule has 0 aliphatic carbocycles. The van der Waals surface area contributed by atoms with E-state index in [2.05, 4.69) is 24.4 Å². The monoisotopic (exact) mass is 410 g/mol. The summed E-state index contributed by atoms with van der Waals surface area (Å²) in [5.74, 6) is 0.741. The van der Waals surface area contributed by atoms with Crippen molar-refractivity contribution in [3.63, 3.8) is 0 Å². The van der Waals surface area contributed by atoms with Crippen molar-refractivity contribution in [2.45, 2.75) is 26.5 Å². The standard InChI is InChI=1S/C26H22N2O3/c1-2-18-6-11-24-21(14-26(29)31-25(24)13-18)16-28-22-7-9-23(10-8-22)30-17-20-5-3-4-19(12-20)15-27/h3-14,28H,2,16-17H2,1H3. The number of aryl methyl sites for hydroxylation is 1. The first-order valence-electron chi connectivity index (χ1n) is 10.2. The lowest BCUT2D eigenvalue weighted by atomic mass is 10.1. The molecule has 31 heavy (non-hydrogen) atoms. The Morgan fingerprint density at radius 3 is 2.61 bits per heavy atom. The zero-order chi connectivity index (χ0) is 21.6. The molecule has 0 saturated carbocycles. The van der Waals surface area contributed by atoms with E-state index in [1.54, 1.807) is 6.07 Å². The molecule has 0 aliphatic rings. The second-order valence-corrected chi connectivity index (χ2v) is 7.25. The summed E-state index contributed by atoms with van der Waals surface area (Å²) >= 11 is 0. The number of hydrogen-bond donors (Lipinski definition) is 1. The summed E-state index contributed by atoms with van der Waals surface area (Å²) in [7, 11) is 0. The minimum Gasteiger partial charge on any atom is -0.489 e. The molecule has 4 aromatic rings. The second-order valence-electron chi connectivity index (χ2n) is 7.25. The van der Waals surface area contributed by atoms with Gasteiger partial charge in [0, 0.05) is 23.7 Å². The molecule has 3 aromatic carbocycles. The Morgan fingerprint density at radius 2 is 1.84 bits per heavy atom. The smallest absolute Gasteiger partial charge is 0.336 e. The lowest BCUT2D eigenvalue weighted by Crippen LogP contribution is -2.06. The molecule has 0 saturated heterocycles. The molecule has 1 aromatic heterocycles. The first-order valence-corrected chi connectivity index (χ1v) is 10.2. The summed E-state index contributed by atoms with van der Waals surface area (Å²) in [5.41, 5.74) is 4.79. The maximum Gasteiger partial charge on any atom is 0.336 e. The molecule has 0 spiro atoms. The van der Waals surface area contributed by atoms with E-state index in [9.17, 15) is 4.79 Å². The highest BCUT2D eigenvalue weighted by atomic mass is 16.5. The van der Waals surface area contributed by atoms with Crippen molar-refractivity contribution in [2.75, 3.05) is 5.32 Å². The summed E-state index contributed by atoms with van der Waals surface area (Å²) in [6.45, 7) is 2.98. The van der Waals surface area contributed by atoms with Crippen molar-refractivity contribution in [2.24, 2.45) is 0 Å². The van der Waals surface area contributed by atoms with Gasteiger partial charge in [0.2, 0.25) is 0 Å². The third kappa shape index (κ3) is 4.93. The van der Waals surface area contributed by atoms with Crippen LogP contribution in [0.1, 0.15) is 29.2 Å². The third-order valence-electron chi connectivity index (χ3n) is 5.10. The molecule has 0 amide bonds. The van der Waals surface area contributed by atoms with Gasteiger partial charge in [-0.2, -0.15) is 5.26 Å². The van der Waals surface area contributed by atoms with Gasteiger partial charge in [-0.15, -0.1) is 0 Å². The Labute approximate surface area is 180 Å². The fourth-order valence-corrected chi connectivity index (χ4v) is 3.40. The largest absolute Gasteiger partial charge is 0.489 e.